The average Bonchev–Trinajstić information content (AvgIpc) is 2.58. The highest BCUT2D eigenvalue weighted by atomic mass is 35.5. The molecule has 1 aliphatic heterocycles. The van der Waals surface area contributed by atoms with E-state index in [4.69, 9.17) is 11.6 Å². The zero-order chi connectivity index (χ0) is 14.2. The Kier molecular flexibility index (Phi) is 3.39. The lowest BCUT2D eigenvalue weighted by Crippen LogP contribution is -2.31. The number of carbonyl (C=O) groups is 2. The van der Waals surface area contributed by atoms with Crippen molar-refractivity contribution in [2.75, 3.05) is 13.6 Å². The topological polar surface area (TPSA) is 83.8 Å². The first-order chi connectivity index (χ1) is 8.90. The lowest BCUT2D eigenvalue weighted by molar-refractivity contribution is -0.384. The second-order valence-corrected chi connectivity index (χ2v) is 4.56. The minimum atomic E-state index is -0.556. The second kappa shape index (κ2) is 4.85. The van der Waals surface area contributed by atoms with E-state index in [1.807, 2.05) is 0 Å². The molecule has 1 aliphatic rings. The second-order valence-electron chi connectivity index (χ2n) is 4.15. The largest absolute Gasteiger partial charge is 0.327 e. The molecule has 0 radical (unpaired) electrons. The Morgan fingerprint density at radius 2 is 2.11 bits per heavy atom. The molecule has 100 valence electrons. The van der Waals surface area contributed by atoms with Crippen molar-refractivity contribution in [3.63, 3.8) is 0 Å². The normalized spacial score (nSPS) is 15.3. The molecule has 2 rings (SSSR count). The van der Waals surface area contributed by atoms with Gasteiger partial charge in [-0.3, -0.25) is 19.8 Å². The van der Waals surface area contributed by atoms with Gasteiger partial charge in [-0.15, -0.1) is 0 Å². The van der Waals surface area contributed by atoms with E-state index in [0.29, 0.717) is 5.56 Å². The Labute approximate surface area is 113 Å². The molecule has 1 aromatic rings. The van der Waals surface area contributed by atoms with Crippen LogP contribution < -0.4 is 0 Å². The van der Waals surface area contributed by atoms with Crippen LogP contribution in [0.5, 0.6) is 0 Å². The van der Waals surface area contributed by atoms with Gasteiger partial charge in [0.15, 0.2) is 0 Å². The number of amides is 3. The summed E-state index contributed by atoms with van der Waals surface area (Å²) in [6.45, 7) is -0.0616. The Morgan fingerprint density at radius 3 is 2.63 bits per heavy atom. The van der Waals surface area contributed by atoms with Crippen molar-refractivity contribution in [1.29, 1.82) is 0 Å². The molecule has 0 saturated carbocycles. The van der Waals surface area contributed by atoms with Crippen molar-refractivity contribution >= 4 is 29.2 Å². The Morgan fingerprint density at radius 1 is 1.42 bits per heavy atom. The summed E-state index contributed by atoms with van der Waals surface area (Å²) in [6.07, 6.45) is 0. The van der Waals surface area contributed by atoms with Gasteiger partial charge in [-0.05, 0) is 11.6 Å². The van der Waals surface area contributed by atoms with E-state index < -0.39 is 11.0 Å². The molecule has 0 bridgehead atoms. The van der Waals surface area contributed by atoms with Crippen LogP contribution in [0.3, 0.4) is 0 Å². The van der Waals surface area contributed by atoms with E-state index in [9.17, 15) is 19.7 Å². The predicted octanol–water partition coefficient (Wildman–Crippen LogP) is 1.64. The molecule has 1 fully saturated rings. The summed E-state index contributed by atoms with van der Waals surface area (Å²) in [5, 5.41) is 11.0. The summed E-state index contributed by atoms with van der Waals surface area (Å²) in [4.78, 5) is 35.7. The summed E-state index contributed by atoms with van der Waals surface area (Å²) in [6, 6.07) is 3.48. The zero-order valence-electron chi connectivity index (χ0n) is 10.00. The lowest BCUT2D eigenvalue weighted by Gasteiger charge is -2.14. The van der Waals surface area contributed by atoms with E-state index >= 15 is 0 Å². The van der Waals surface area contributed by atoms with E-state index in [2.05, 4.69) is 0 Å². The molecule has 0 N–H and O–H groups in total. The van der Waals surface area contributed by atoms with Crippen molar-refractivity contribution in [1.82, 2.24) is 9.80 Å². The molecular weight excluding hydrogens is 274 g/mol. The van der Waals surface area contributed by atoms with Gasteiger partial charge >= 0.3 is 6.03 Å². The van der Waals surface area contributed by atoms with Crippen LogP contribution in [0.2, 0.25) is 5.02 Å². The minimum absolute atomic E-state index is 0.00534. The molecule has 0 aromatic heterocycles. The monoisotopic (exact) mass is 283 g/mol. The highest BCUT2D eigenvalue weighted by Crippen LogP contribution is 2.24. The number of nitro benzene ring substituents is 1. The maximum Gasteiger partial charge on any atom is 0.327 e. The molecule has 0 unspecified atom stereocenters. The van der Waals surface area contributed by atoms with Crippen molar-refractivity contribution in [3.8, 4) is 0 Å². The molecule has 0 atom stereocenters. The molecule has 1 saturated heterocycles. The molecular formula is C11H10ClN3O4. The van der Waals surface area contributed by atoms with Gasteiger partial charge in [0.2, 0.25) is 0 Å². The van der Waals surface area contributed by atoms with Gasteiger partial charge in [-0.25, -0.2) is 4.79 Å². The van der Waals surface area contributed by atoms with Crippen LogP contribution in [-0.4, -0.2) is 40.3 Å². The Bertz CT molecular complexity index is 575. The summed E-state index contributed by atoms with van der Waals surface area (Å²) in [5.41, 5.74) is 0.236. The molecule has 7 nitrogen and oxygen atoms in total. The highest BCUT2D eigenvalue weighted by molar-refractivity contribution is 6.31. The van der Waals surface area contributed by atoms with Crippen LogP contribution >= 0.6 is 11.6 Å². The predicted molar refractivity (Wildman–Crippen MR) is 66.7 cm³/mol. The van der Waals surface area contributed by atoms with Gasteiger partial charge in [-0.1, -0.05) is 11.6 Å². The van der Waals surface area contributed by atoms with E-state index in [1.165, 1.54) is 30.1 Å². The number of hydrogen-bond acceptors (Lipinski definition) is 4. The number of hydrogen-bond donors (Lipinski definition) is 0. The standard InChI is InChI=1S/C11H10ClN3O4/c1-13-6-10(16)14(11(13)17)5-7-4-8(15(18)19)2-3-9(7)12/h2-4H,5-6H2,1H3. The first-order valence-electron chi connectivity index (χ1n) is 5.38. The first kappa shape index (κ1) is 13.3. The van der Waals surface area contributed by atoms with Gasteiger partial charge < -0.3 is 4.90 Å². The summed E-state index contributed by atoms with van der Waals surface area (Å²) >= 11 is 5.93. The van der Waals surface area contributed by atoms with E-state index in [0.717, 1.165) is 4.90 Å². The third-order valence-corrected chi connectivity index (χ3v) is 3.17. The third kappa shape index (κ3) is 2.50. The van der Waals surface area contributed by atoms with Crippen LogP contribution in [0.15, 0.2) is 18.2 Å². The Hall–Kier alpha value is -2.15. The fourth-order valence-electron chi connectivity index (χ4n) is 1.79. The average molecular weight is 284 g/mol. The van der Waals surface area contributed by atoms with E-state index in [1.54, 1.807) is 0 Å². The SMILES string of the molecule is CN1CC(=O)N(Cc2cc([N+](=O)[O-])ccc2Cl)C1=O. The molecule has 1 heterocycles. The van der Waals surface area contributed by atoms with Gasteiger partial charge in [0.25, 0.3) is 11.6 Å². The van der Waals surface area contributed by atoms with Gasteiger partial charge in [0.05, 0.1) is 11.5 Å². The number of imide groups is 1. The fraction of sp³-hybridized carbons (Fsp3) is 0.273. The number of likely N-dealkylation sites (N-methyl/N-ethyl adjacent to an activating group) is 1. The molecule has 0 spiro atoms. The first-order valence-corrected chi connectivity index (χ1v) is 5.76. The Balaban J connectivity index is 2.28. The number of carbonyl (C=O) groups excluding carboxylic acids is 2. The number of non-ortho nitro benzene ring substituents is 1. The summed E-state index contributed by atoms with van der Waals surface area (Å²) in [5.74, 6) is -0.352. The smallest absolute Gasteiger partial charge is 0.318 e. The molecule has 8 heteroatoms. The number of urea groups is 1. The minimum Gasteiger partial charge on any atom is -0.318 e. The summed E-state index contributed by atoms with van der Waals surface area (Å²) < 4.78 is 0. The number of nitro groups is 1. The van der Waals surface area contributed by atoms with Crippen LogP contribution in [0.1, 0.15) is 5.56 Å². The van der Waals surface area contributed by atoms with Crippen molar-refractivity contribution in [2.24, 2.45) is 0 Å². The number of benzene rings is 1. The van der Waals surface area contributed by atoms with Crippen molar-refractivity contribution in [2.45, 2.75) is 6.54 Å². The molecule has 3 amide bonds. The van der Waals surface area contributed by atoms with Crippen LogP contribution in [-0.2, 0) is 11.3 Å². The van der Waals surface area contributed by atoms with Gasteiger partial charge in [-0.2, -0.15) is 0 Å². The number of nitrogens with zero attached hydrogens (tertiary/aromatic N) is 3. The van der Waals surface area contributed by atoms with Crippen LogP contribution in [0, 0.1) is 10.1 Å². The van der Waals surface area contributed by atoms with Crippen molar-refractivity contribution < 1.29 is 14.5 Å². The quantitative estimate of drug-likeness (QED) is 0.479. The fourth-order valence-corrected chi connectivity index (χ4v) is 1.97. The van der Waals surface area contributed by atoms with Crippen LogP contribution in [0.4, 0.5) is 10.5 Å². The molecule has 0 aliphatic carbocycles. The highest BCUT2D eigenvalue weighted by Gasteiger charge is 2.33. The third-order valence-electron chi connectivity index (χ3n) is 2.80. The van der Waals surface area contributed by atoms with E-state index in [-0.39, 0.29) is 29.7 Å². The van der Waals surface area contributed by atoms with Crippen LogP contribution in [0.25, 0.3) is 0 Å². The number of rotatable bonds is 3. The van der Waals surface area contributed by atoms with Gasteiger partial charge in [0.1, 0.15) is 6.54 Å². The van der Waals surface area contributed by atoms with Crippen molar-refractivity contribution in [3.05, 3.63) is 38.9 Å². The lowest BCUT2D eigenvalue weighted by atomic mass is 10.2. The van der Waals surface area contributed by atoms with Gasteiger partial charge in [0, 0.05) is 24.2 Å². The molecule has 1 aromatic carbocycles. The number of halogens is 1. The summed E-state index contributed by atoms with van der Waals surface area (Å²) in [7, 11) is 1.51. The maximum atomic E-state index is 11.7. The zero-order valence-corrected chi connectivity index (χ0v) is 10.8. The maximum absolute atomic E-state index is 11.7. The molecule has 19 heavy (non-hydrogen) atoms.